The molecule has 0 saturated carbocycles. The summed E-state index contributed by atoms with van der Waals surface area (Å²) in [6.07, 6.45) is 0. The number of nitrogens with zero attached hydrogens (tertiary/aromatic N) is 2. The lowest BCUT2D eigenvalue weighted by molar-refractivity contribution is -0.388. The summed E-state index contributed by atoms with van der Waals surface area (Å²) < 4.78 is 73.9. The highest BCUT2D eigenvalue weighted by molar-refractivity contribution is 5.33. The van der Waals surface area contributed by atoms with Gasteiger partial charge in [0, 0.05) is 12.1 Å². The molecule has 0 aliphatic rings. The molecule has 2 aromatic carbocycles. The van der Waals surface area contributed by atoms with Gasteiger partial charge in [-0.3, -0.25) is 20.2 Å². The Hall–Kier alpha value is -3.18. The molecule has 2 aromatic rings. The van der Waals surface area contributed by atoms with Crippen LogP contribution in [0.3, 0.4) is 0 Å². The lowest BCUT2D eigenvalue weighted by Crippen LogP contribution is -1.97. The van der Waals surface area contributed by atoms with Crippen molar-refractivity contribution in [3.05, 3.63) is 79.4 Å². The highest BCUT2D eigenvalue weighted by Crippen LogP contribution is 2.21. The molecule has 6 nitrogen and oxygen atoms in total. The van der Waals surface area contributed by atoms with E-state index in [2.05, 4.69) is 0 Å². The Kier molecular flexibility index (Phi) is 5.81. The Morgan fingerprint density at radius 1 is 0.583 bits per heavy atom. The van der Waals surface area contributed by atoms with Crippen LogP contribution in [0, 0.1) is 55.1 Å². The fourth-order valence-corrected chi connectivity index (χ4v) is 1.31. The van der Waals surface area contributed by atoms with Crippen LogP contribution in [-0.2, 0) is 0 Å². The fourth-order valence-electron chi connectivity index (χ4n) is 1.31. The lowest BCUT2D eigenvalue weighted by Gasteiger charge is -1.95. The van der Waals surface area contributed by atoms with Crippen molar-refractivity contribution in [1.82, 2.24) is 0 Å². The van der Waals surface area contributed by atoms with Crippen molar-refractivity contribution in [3.8, 4) is 0 Å². The maximum atomic E-state index is 12.5. The second kappa shape index (κ2) is 7.39. The minimum atomic E-state index is -1.83. The number of benzene rings is 2. The second-order valence-electron chi connectivity index (χ2n) is 3.90. The Balaban J connectivity index is 0.000000240. The maximum absolute atomic E-state index is 12.5. The van der Waals surface area contributed by atoms with Gasteiger partial charge >= 0.3 is 11.4 Å². The van der Waals surface area contributed by atoms with Gasteiger partial charge in [-0.05, 0) is 12.1 Å². The van der Waals surface area contributed by atoms with E-state index in [0.717, 1.165) is 0 Å². The van der Waals surface area contributed by atoms with E-state index in [0.29, 0.717) is 24.3 Å². The molecule has 0 aliphatic heterocycles. The smallest absolute Gasteiger partial charge is 0.258 e. The molecule has 0 spiro atoms. The van der Waals surface area contributed by atoms with Crippen LogP contribution in [0.15, 0.2) is 24.3 Å². The van der Waals surface area contributed by atoms with Gasteiger partial charge in [0.1, 0.15) is 0 Å². The summed E-state index contributed by atoms with van der Waals surface area (Å²) in [5.74, 6) is -10.1. The summed E-state index contributed by atoms with van der Waals surface area (Å²) in [6, 6.07) is 2.12. The molecule has 0 radical (unpaired) electrons. The Morgan fingerprint density at radius 3 is 1.12 bits per heavy atom. The summed E-state index contributed by atoms with van der Waals surface area (Å²) in [4.78, 5) is 17.7. The quantitative estimate of drug-likeness (QED) is 0.353. The molecule has 0 saturated heterocycles. The number of nitro groups is 2. The fraction of sp³-hybridized carbons (Fsp3) is 0. The monoisotopic (exact) mass is 354 g/mol. The molecule has 0 aromatic heterocycles. The predicted molar refractivity (Wildman–Crippen MR) is 65.9 cm³/mol. The van der Waals surface area contributed by atoms with Crippen LogP contribution in [0.1, 0.15) is 0 Å². The zero-order valence-corrected chi connectivity index (χ0v) is 11.1. The van der Waals surface area contributed by atoms with Gasteiger partial charge in [0.25, 0.3) is 0 Å². The Bertz CT molecular complexity index is 747. The number of halogens is 6. The van der Waals surface area contributed by atoms with Crippen LogP contribution >= 0.6 is 0 Å². The van der Waals surface area contributed by atoms with Crippen LogP contribution in [0.4, 0.5) is 37.7 Å². The van der Waals surface area contributed by atoms with Crippen LogP contribution in [0.2, 0.25) is 0 Å². The molecule has 24 heavy (non-hydrogen) atoms. The summed E-state index contributed by atoms with van der Waals surface area (Å²) in [5, 5.41) is 19.9. The zero-order chi connectivity index (χ0) is 18.6. The number of hydrogen-bond acceptors (Lipinski definition) is 4. The molecule has 0 atom stereocenters. The van der Waals surface area contributed by atoms with Gasteiger partial charge < -0.3 is 0 Å². The van der Waals surface area contributed by atoms with Gasteiger partial charge in [-0.1, -0.05) is 0 Å². The van der Waals surface area contributed by atoms with E-state index in [4.69, 9.17) is 0 Å². The zero-order valence-electron chi connectivity index (χ0n) is 11.1. The SMILES string of the molecule is O=[N+]([O-])c1ccc(F)c(F)c1F.O=[N+]([O-])c1ccc(F)c(F)c1F. The molecule has 0 bridgehead atoms. The number of rotatable bonds is 2. The molecular weight excluding hydrogens is 350 g/mol. The highest BCUT2D eigenvalue weighted by Gasteiger charge is 2.21. The van der Waals surface area contributed by atoms with Crippen molar-refractivity contribution >= 4 is 11.4 Å². The summed E-state index contributed by atoms with van der Waals surface area (Å²) >= 11 is 0. The van der Waals surface area contributed by atoms with Crippen molar-refractivity contribution < 1.29 is 36.2 Å². The third-order valence-electron chi connectivity index (χ3n) is 2.42. The van der Waals surface area contributed by atoms with Crippen molar-refractivity contribution in [2.24, 2.45) is 0 Å². The Labute approximate surface area is 128 Å². The number of nitro benzene ring substituents is 2. The van der Waals surface area contributed by atoms with E-state index < -0.39 is 56.1 Å². The first kappa shape index (κ1) is 18.9. The molecule has 2 rings (SSSR count). The predicted octanol–water partition coefficient (Wildman–Crippen LogP) is 4.02. The Morgan fingerprint density at radius 2 is 0.875 bits per heavy atom. The van der Waals surface area contributed by atoms with E-state index in [1.54, 1.807) is 0 Å². The molecule has 12 heteroatoms. The second-order valence-corrected chi connectivity index (χ2v) is 3.90. The average molecular weight is 354 g/mol. The van der Waals surface area contributed by atoms with Gasteiger partial charge in [-0.2, -0.15) is 8.78 Å². The highest BCUT2D eigenvalue weighted by atomic mass is 19.2. The summed E-state index contributed by atoms with van der Waals surface area (Å²) in [7, 11) is 0. The normalized spacial score (nSPS) is 9.92. The first-order valence-electron chi connectivity index (χ1n) is 5.63. The van der Waals surface area contributed by atoms with Gasteiger partial charge in [-0.15, -0.1) is 0 Å². The van der Waals surface area contributed by atoms with Crippen molar-refractivity contribution in [2.75, 3.05) is 0 Å². The van der Waals surface area contributed by atoms with Crippen molar-refractivity contribution in [1.29, 1.82) is 0 Å². The van der Waals surface area contributed by atoms with Crippen LogP contribution < -0.4 is 0 Å². The molecule has 0 fully saturated rings. The molecule has 0 unspecified atom stereocenters. The van der Waals surface area contributed by atoms with Gasteiger partial charge in [0.05, 0.1) is 9.85 Å². The third-order valence-corrected chi connectivity index (χ3v) is 2.42. The van der Waals surface area contributed by atoms with Crippen LogP contribution in [0.25, 0.3) is 0 Å². The molecule has 128 valence electrons. The van der Waals surface area contributed by atoms with E-state index in [-0.39, 0.29) is 0 Å². The minimum absolute atomic E-state index is 0.497. The average Bonchev–Trinajstić information content (AvgIpc) is 2.50. The maximum Gasteiger partial charge on any atom is 0.308 e. The van der Waals surface area contributed by atoms with Gasteiger partial charge in [-0.25, -0.2) is 17.6 Å². The minimum Gasteiger partial charge on any atom is -0.258 e. The van der Waals surface area contributed by atoms with Crippen molar-refractivity contribution in [2.45, 2.75) is 0 Å². The molecule has 0 heterocycles. The molecule has 0 aliphatic carbocycles. The van der Waals surface area contributed by atoms with E-state index in [1.165, 1.54) is 0 Å². The third kappa shape index (κ3) is 3.97. The molecule has 0 N–H and O–H groups in total. The summed E-state index contributed by atoms with van der Waals surface area (Å²) in [5.41, 5.74) is -2.15. The lowest BCUT2D eigenvalue weighted by atomic mass is 10.3. The summed E-state index contributed by atoms with van der Waals surface area (Å²) in [6.45, 7) is 0. The van der Waals surface area contributed by atoms with Gasteiger partial charge in [0.15, 0.2) is 11.6 Å². The first-order valence-corrected chi connectivity index (χ1v) is 5.63. The van der Waals surface area contributed by atoms with Crippen molar-refractivity contribution in [3.63, 3.8) is 0 Å². The molecular formula is C12H4F6N2O4. The standard InChI is InChI=1S/2C6H2F3NO2/c2*7-3-1-2-4(10(11)12)6(9)5(3)8/h2*1-2H. The van der Waals surface area contributed by atoms with E-state index >= 15 is 0 Å². The van der Waals surface area contributed by atoms with Crippen LogP contribution in [0.5, 0.6) is 0 Å². The first-order chi connectivity index (χ1) is 11.1. The van der Waals surface area contributed by atoms with E-state index in [9.17, 15) is 46.6 Å². The number of hydrogen-bond donors (Lipinski definition) is 0. The van der Waals surface area contributed by atoms with Gasteiger partial charge in [0.2, 0.25) is 23.3 Å². The topological polar surface area (TPSA) is 86.3 Å². The molecule has 0 amide bonds. The largest absolute Gasteiger partial charge is 0.308 e. The van der Waals surface area contributed by atoms with E-state index in [1.807, 2.05) is 0 Å². The van der Waals surface area contributed by atoms with Crippen LogP contribution in [-0.4, -0.2) is 9.85 Å².